The van der Waals surface area contributed by atoms with Crippen LogP contribution in [-0.4, -0.2) is 27.5 Å². The molecule has 0 bridgehead atoms. The van der Waals surface area contributed by atoms with E-state index in [4.69, 9.17) is 16.3 Å². The minimum absolute atomic E-state index is 0.217. The number of halogens is 1. The third-order valence-corrected chi connectivity index (χ3v) is 3.81. The summed E-state index contributed by atoms with van der Waals surface area (Å²) in [5, 5.41) is 6.46. The smallest absolute Gasteiger partial charge is 0.271 e. The van der Waals surface area contributed by atoms with Crippen LogP contribution in [0.15, 0.2) is 36.5 Å². The Bertz CT molecular complexity index is 711. The number of hydrogen-bond acceptors (Lipinski definition) is 4. The Morgan fingerprint density at radius 2 is 1.96 bits per heavy atom. The first-order valence-electron chi connectivity index (χ1n) is 8.18. The van der Waals surface area contributed by atoms with Gasteiger partial charge in [0.1, 0.15) is 11.4 Å². The number of rotatable bonds is 9. The molecule has 1 heterocycles. The third kappa shape index (κ3) is 6.23. The van der Waals surface area contributed by atoms with Crippen LogP contribution in [0.5, 0.6) is 5.75 Å². The number of nitrogens with one attached hydrogen (secondary N) is 1. The van der Waals surface area contributed by atoms with Gasteiger partial charge in [-0.25, -0.2) is 4.68 Å². The van der Waals surface area contributed by atoms with Crippen LogP contribution >= 0.6 is 11.6 Å². The Morgan fingerprint density at radius 1 is 1.24 bits per heavy atom. The molecule has 6 nitrogen and oxygen atoms in total. The van der Waals surface area contributed by atoms with E-state index in [1.54, 1.807) is 16.9 Å². The van der Waals surface area contributed by atoms with Gasteiger partial charge in [-0.05, 0) is 47.7 Å². The number of carbonyl (C=O) groups is 2. The van der Waals surface area contributed by atoms with Crippen LogP contribution in [0.25, 0.3) is 0 Å². The molecule has 7 heteroatoms. The van der Waals surface area contributed by atoms with Crippen molar-refractivity contribution in [2.24, 2.45) is 0 Å². The lowest BCUT2D eigenvalue weighted by Gasteiger charge is -2.09. The van der Waals surface area contributed by atoms with Crippen LogP contribution in [0.3, 0.4) is 0 Å². The van der Waals surface area contributed by atoms with E-state index in [-0.39, 0.29) is 19.1 Å². The molecule has 0 aliphatic heterocycles. The van der Waals surface area contributed by atoms with Crippen molar-refractivity contribution in [1.29, 1.82) is 0 Å². The maximum absolute atomic E-state index is 11.9. The van der Waals surface area contributed by atoms with Crippen molar-refractivity contribution >= 4 is 22.8 Å². The molecule has 2 aromatic rings. The predicted octanol–water partition coefficient (Wildman–Crippen LogP) is 3.32. The van der Waals surface area contributed by atoms with E-state index in [1.165, 1.54) is 5.56 Å². The predicted molar refractivity (Wildman–Crippen MR) is 95.8 cm³/mol. The second kappa shape index (κ2) is 9.22. The van der Waals surface area contributed by atoms with Crippen LogP contribution in [0.4, 0.5) is 0 Å². The van der Waals surface area contributed by atoms with Crippen LogP contribution < -0.4 is 10.1 Å². The highest BCUT2D eigenvalue weighted by molar-refractivity contribution is 6.63. The molecule has 0 unspecified atom stereocenters. The molecule has 134 valence electrons. The monoisotopic (exact) mass is 363 g/mol. The van der Waals surface area contributed by atoms with E-state index >= 15 is 0 Å². The Morgan fingerprint density at radius 3 is 2.60 bits per heavy atom. The zero-order valence-corrected chi connectivity index (χ0v) is 15.1. The molecular weight excluding hydrogens is 342 g/mol. The van der Waals surface area contributed by atoms with Gasteiger partial charge in [-0.1, -0.05) is 26.0 Å². The zero-order chi connectivity index (χ0) is 18.2. The summed E-state index contributed by atoms with van der Waals surface area (Å²) < 4.78 is 7.21. The highest BCUT2D eigenvalue weighted by Crippen LogP contribution is 2.18. The van der Waals surface area contributed by atoms with Crippen LogP contribution in [-0.2, 0) is 11.5 Å². The molecule has 1 N–H and O–H groups in total. The molecule has 0 aliphatic carbocycles. The molecule has 0 saturated heterocycles. The summed E-state index contributed by atoms with van der Waals surface area (Å²) in [6.45, 7) is 4.87. The molecule has 0 radical (unpaired) electrons. The van der Waals surface area contributed by atoms with Gasteiger partial charge >= 0.3 is 0 Å². The number of benzene rings is 1. The number of nitrogens with zero attached hydrogens (tertiary/aromatic N) is 2. The summed E-state index contributed by atoms with van der Waals surface area (Å²) >= 11 is 5.24. The lowest BCUT2D eigenvalue weighted by Crippen LogP contribution is -2.25. The fourth-order valence-electron chi connectivity index (χ4n) is 2.16. The Balaban J connectivity index is 1.80. The molecule has 0 atom stereocenters. The zero-order valence-electron chi connectivity index (χ0n) is 14.4. The summed E-state index contributed by atoms with van der Waals surface area (Å²) in [5.41, 5.74) is 1.55. The first kappa shape index (κ1) is 19.0. The van der Waals surface area contributed by atoms with Gasteiger partial charge in [0.05, 0.1) is 0 Å². The van der Waals surface area contributed by atoms with E-state index in [2.05, 4.69) is 24.3 Å². The SMILES string of the molecule is CC(C)c1ccc(OCn2ccc(C(=O)NCCCC(=O)Cl)n2)cc1. The van der Waals surface area contributed by atoms with Crippen molar-refractivity contribution in [3.63, 3.8) is 0 Å². The summed E-state index contributed by atoms with van der Waals surface area (Å²) in [7, 11) is 0. The minimum Gasteiger partial charge on any atom is -0.471 e. The lowest BCUT2D eigenvalue weighted by atomic mass is 10.0. The van der Waals surface area contributed by atoms with E-state index in [1.807, 2.05) is 24.3 Å². The third-order valence-electron chi connectivity index (χ3n) is 3.62. The number of ether oxygens (including phenoxy) is 1. The first-order valence-corrected chi connectivity index (χ1v) is 8.56. The molecule has 0 spiro atoms. The molecule has 1 amide bonds. The molecule has 2 rings (SSSR count). The van der Waals surface area contributed by atoms with Crippen molar-refractivity contribution in [1.82, 2.24) is 15.1 Å². The average Bonchev–Trinajstić information content (AvgIpc) is 3.06. The van der Waals surface area contributed by atoms with E-state index in [0.29, 0.717) is 24.6 Å². The number of carbonyl (C=O) groups excluding carboxylic acids is 2. The van der Waals surface area contributed by atoms with E-state index in [9.17, 15) is 9.59 Å². The maximum Gasteiger partial charge on any atom is 0.271 e. The second-order valence-electron chi connectivity index (χ2n) is 5.95. The molecule has 1 aromatic heterocycles. The van der Waals surface area contributed by atoms with Gasteiger partial charge in [0.2, 0.25) is 5.24 Å². The van der Waals surface area contributed by atoms with Crippen molar-refractivity contribution < 1.29 is 14.3 Å². The molecular formula is C18H22ClN3O3. The molecule has 1 aromatic carbocycles. The van der Waals surface area contributed by atoms with Crippen molar-refractivity contribution in [2.75, 3.05) is 6.54 Å². The summed E-state index contributed by atoms with van der Waals surface area (Å²) in [6.07, 6.45) is 2.42. The van der Waals surface area contributed by atoms with Crippen LogP contribution in [0.1, 0.15) is 48.7 Å². The van der Waals surface area contributed by atoms with Gasteiger partial charge in [0.25, 0.3) is 5.91 Å². The summed E-state index contributed by atoms with van der Waals surface area (Å²) in [4.78, 5) is 22.6. The largest absolute Gasteiger partial charge is 0.471 e. The fourth-order valence-corrected chi connectivity index (χ4v) is 2.30. The van der Waals surface area contributed by atoms with E-state index in [0.717, 1.165) is 5.75 Å². The molecule has 0 saturated carbocycles. The van der Waals surface area contributed by atoms with Gasteiger partial charge in [-0.2, -0.15) is 5.10 Å². The Hall–Kier alpha value is -2.34. The highest BCUT2D eigenvalue weighted by Gasteiger charge is 2.09. The lowest BCUT2D eigenvalue weighted by molar-refractivity contribution is -0.111. The summed E-state index contributed by atoms with van der Waals surface area (Å²) in [5.74, 6) is 0.933. The highest BCUT2D eigenvalue weighted by atomic mass is 35.5. The van der Waals surface area contributed by atoms with Gasteiger partial charge < -0.3 is 10.1 Å². The first-order chi connectivity index (χ1) is 12.0. The van der Waals surface area contributed by atoms with Gasteiger partial charge in [0.15, 0.2) is 6.73 Å². The number of amides is 1. The van der Waals surface area contributed by atoms with Crippen molar-refractivity contribution in [3.8, 4) is 5.75 Å². The topological polar surface area (TPSA) is 73.2 Å². The quantitative estimate of drug-likeness (QED) is 0.548. The van der Waals surface area contributed by atoms with Crippen molar-refractivity contribution in [3.05, 3.63) is 47.8 Å². The minimum atomic E-state index is -0.405. The van der Waals surface area contributed by atoms with Gasteiger partial charge in [0, 0.05) is 19.2 Å². The van der Waals surface area contributed by atoms with Crippen molar-refractivity contribution in [2.45, 2.75) is 39.3 Å². The molecule has 25 heavy (non-hydrogen) atoms. The van der Waals surface area contributed by atoms with Crippen LogP contribution in [0, 0.1) is 0 Å². The van der Waals surface area contributed by atoms with Gasteiger partial charge in [-0.15, -0.1) is 0 Å². The fraction of sp³-hybridized carbons (Fsp3) is 0.389. The Labute approximate surface area is 152 Å². The summed E-state index contributed by atoms with van der Waals surface area (Å²) in [6, 6.07) is 9.53. The van der Waals surface area contributed by atoms with Gasteiger partial charge in [-0.3, -0.25) is 9.59 Å². The molecule has 0 aliphatic rings. The van der Waals surface area contributed by atoms with E-state index < -0.39 is 5.24 Å². The number of hydrogen-bond donors (Lipinski definition) is 1. The molecule has 0 fully saturated rings. The maximum atomic E-state index is 11.9. The van der Waals surface area contributed by atoms with Crippen LogP contribution in [0.2, 0.25) is 0 Å². The second-order valence-corrected chi connectivity index (χ2v) is 6.37. The average molecular weight is 364 g/mol. The number of aromatic nitrogens is 2. The Kier molecular flexibility index (Phi) is 7.01. The standard InChI is InChI=1S/C18H22ClN3O3/c1-13(2)14-5-7-15(8-6-14)25-12-22-11-9-16(21-22)18(24)20-10-3-4-17(19)23/h5-9,11,13H,3-4,10,12H2,1-2H3,(H,20,24). The normalized spacial score (nSPS) is 10.7.